The quantitative estimate of drug-likeness (QED) is 0.897. The van der Waals surface area contributed by atoms with E-state index in [4.69, 9.17) is 22.1 Å². The Morgan fingerprint density at radius 3 is 3.00 bits per heavy atom. The first-order valence-corrected chi connectivity index (χ1v) is 5.52. The maximum atomic E-state index is 5.84. The average Bonchev–Trinajstić information content (AvgIpc) is 2.62. The van der Waals surface area contributed by atoms with Crippen LogP contribution in [0.25, 0.3) is 0 Å². The normalized spacial score (nSPS) is 10.2. The number of halogens is 1. The first kappa shape index (κ1) is 10.3. The summed E-state index contributed by atoms with van der Waals surface area (Å²) in [6.07, 6.45) is 1.58. The van der Waals surface area contributed by atoms with Crippen molar-refractivity contribution in [2.75, 3.05) is 5.73 Å². The van der Waals surface area contributed by atoms with Crippen molar-refractivity contribution in [3.63, 3.8) is 0 Å². The molecule has 0 radical (unpaired) electrons. The average molecular weight is 241 g/mol. The van der Waals surface area contributed by atoms with Gasteiger partial charge in [0.2, 0.25) is 0 Å². The van der Waals surface area contributed by atoms with Crippen LogP contribution in [0.3, 0.4) is 0 Å². The molecule has 2 N–H and O–H groups in total. The monoisotopic (exact) mass is 240 g/mol. The molecule has 0 aliphatic heterocycles. The number of anilines is 1. The number of aromatic nitrogens is 1. The van der Waals surface area contributed by atoms with Gasteiger partial charge in [0.25, 0.3) is 5.19 Å². The van der Waals surface area contributed by atoms with Crippen LogP contribution in [0, 0.1) is 0 Å². The molecule has 0 fully saturated rings. The van der Waals surface area contributed by atoms with Crippen molar-refractivity contribution in [1.29, 1.82) is 0 Å². The maximum Gasteiger partial charge on any atom is 0.275 e. The molecule has 0 bridgehead atoms. The highest BCUT2D eigenvalue weighted by Gasteiger charge is 2.00. The Labute approximate surface area is 96.5 Å². The van der Waals surface area contributed by atoms with Gasteiger partial charge in [0.05, 0.1) is 6.20 Å². The summed E-state index contributed by atoms with van der Waals surface area (Å²) < 4.78 is 5.44. The Kier molecular flexibility index (Phi) is 3.08. The molecule has 0 spiro atoms. The second-order valence-electron chi connectivity index (χ2n) is 2.95. The number of nitrogens with zero attached hydrogens (tertiary/aromatic N) is 1. The van der Waals surface area contributed by atoms with Crippen LogP contribution in [0.4, 0.5) is 5.00 Å². The van der Waals surface area contributed by atoms with Gasteiger partial charge in [-0.2, -0.15) is 0 Å². The minimum absolute atomic E-state index is 0.452. The Balaban J connectivity index is 1.99. The third kappa shape index (κ3) is 2.84. The van der Waals surface area contributed by atoms with Gasteiger partial charge in [-0.25, -0.2) is 4.98 Å². The second kappa shape index (κ2) is 4.51. The number of hydrogen-bond acceptors (Lipinski definition) is 4. The van der Waals surface area contributed by atoms with Crippen LogP contribution < -0.4 is 10.5 Å². The summed E-state index contributed by atoms with van der Waals surface area (Å²) in [6, 6.07) is 7.52. The van der Waals surface area contributed by atoms with Gasteiger partial charge in [-0.05, 0) is 17.7 Å². The Bertz CT molecular complexity index is 458. The highest BCUT2D eigenvalue weighted by molar-refractivity contribution is 7.17. The zero-order chi connectivity index (χ0) is 10.7. The molecule has 0 saturated carbocycles. The molecule has 0 unspecified atom stereocenters. The first-order chi connectivity index (χ1) is 7.24. The number of hydrogen-bond donors (Lipinski definition) is 1. The fourth-order valence-electron chi connectivity index (χ4n) is 1.11. The van der Waals surface area contributed by atoms with Crippen molar-refractivity contribution in [3.05, 3.63) is 41.0 Å². The molecule has 2 aromatic rings. The predicted octanol–water partition coefficient (Wildman–Crippen LogP) is 2.96. The van der Waals surface area contributed by atoms with Crippen LogP contribution in [0.15, 0.2) is 30.5 Å². The summed E-state index contributed by atoms with van der Waals surface area (Å²) >= 11 is 7.16. The lowest BCUT2D eigenvalue weighted by molar-refractivity contribution is 0.304. The third-order valence-corrected chi connectivity index (χ3v) is 2.73. The van der Waals surface area contributed by atoms with Crippen molar-refractivity contribution in [1.82, 2.24) is 4.98 Å². The summed E-state index contributed by atoms with van der Waals surface area (Å²) in [5, 5.41) is 1.93. The van der Waals surface area contributed by atoms with Crippen LogP contribution in [-0.4, -0.2) is 4.98 Å². The molecule has 0 atom stereocenters. The summed E-state index contributed by atoms with van der Waals surface area (Å²) in [6.45, 7) is 0.452. The molecular weight excluding hydrogens is 232 g/mol. The van der Waals surface area contributed by atoms with E-state index >= 15 is 0 Å². The van der Waals surface area contributed by atoms with Gasteiger partial charge in [-0.3, -0.25) is 0 Å². The summed E-state index contributed by atoms with van der Waals surface area (Å²) in [5.41, 5.74) is 6.54. The van der Waals surface area contributed by atoms with E-state index in [1.807, 2.05) is 24.3 Å². The second-order valence-corrected chi connectivity index (χ2v) is 4.41. The Morgan fingerprint density at radius 1 is 1.47 bits per heavy atom. The van der Waals surface area contributed by atoms with Gasteiger partial charge in [0.15, 0.2) is 0 Å². The number of nitrogens with two attached hydrogens (primary N) is 1. The Hall–Kier alpha value is -1.26. The number of nitrogen functional groups attached to an aromatic ring is 1. The molecule has 3 nitrogen and oxygen atoms in total. The van der Waals surface area contributed by atoms with Crippen molar-refractivity contribution in [3.8, 4) is 5.19 Å². The summed E-state index contributed by atoms with van der Waals surface area (Å²) in [5.74, 6) is 0. The maximum absolute atomic E-state index is 5.84. The van der Waals surface area contributed by atoms with E-state index in [0.717, 1.165) is 5.56 Å². The van der Waals surface area contributed by atoms with E-state index < -0.39 is 0 Å². The van der Waals surface area contributed by atoms with Crippen molar-refractivity contribution >= 4 is 27.9 Å². The molecule has 15 heavy (non-hydrogen) atoms. The van der Waals surface area contributed by atoms with Crippen LogP contribution in [-0.2, 0) is 6.61 Å². The lowest BCUT2D eigenvalue weighted by Crippen LogP contribution is -1.94. The van der Waals surface area contributed by atoms with Crippen LogP contribution >= 0.6 is 22.9 Å². The smallest absolute Gasteiger partial charge is 0.275 e. The van der Waals surface area contributed by atoms with Crippen molar-refractivity contribution < 1.29 is 4.74 Å². The molecule has 0 aliphatic carbocycles. The lowest BCUT2D eigenvalue weighted by atomic mass is 10.2. The Morgan fingerprint density at radius 2 is 2.33 bits per heavy atom. The molecule has 1 heterocycles. The molecule has 0 amide bonds. The minimum Gasteiger partial charge on any atom is -0.465 e. The highest BCUT2D eigenvalue weighted by atomic mass is 35.5. The summed E-state index contributed by atoms with van der Waals surface area (Å²) in [4.78, 5) is 3.99. The molecule has 5 heteroatoms. The van der Waals surface area contributed by atoms with Gasteiger partial charge in [0, 0.05) is 5.02 Å². The van der Waals surface area contributed by atoms with Crippen molar-refractivity contribution in [2.45, 2.75) is 6.61 Å². The zero-order valence-corrected chi connectivity index (χ0v) is 9.39. The number of rotatable bonds is 3. The fourth-order valence-corrected chi connectivity index (χ4v) is 1.85. The molecule has 1 aromatic carbocycles. The topological polar surface area (TPSA) is 48.1 Å². The van der Waals surface area contributed by atoms with Gasteiger partial charge >= 0.3 is 0 Å². The molecule has 0 aliphatic rings. The standard InChI is InChI=1S/C10H9ClN2OS/c11-8-3-1-2-7(4-8)6-14-10-13-5-9(12)15-10/h1-5H,6,12H2. The highest BCUT2D eigenvalue weighted by Crippen LogP contribution is 2.23. The third-order valence-electron chi connectivity index (χ3n) is 1.75. The largest absolute Gasteiger partial charge is 0.465 e. The van der Waals surface area contributed by atoms with E-state index in [1.54, 1.807) is 6.20 Å². The molecule has 2 rings (SSSR count). The van der Waals surface area contributed by atoms with Crippen LogP contribution in [0.1, 0.15) is 5.56 Å². The van der Waals surface area contributed by atoms with E-state index in [-0.39, 0.29) is 0 Å². The molecule has 78 valence electrons. The number of benzene rings is 1. The predicted molar refractivity (Wildman–Crippen MR) is 62.3 cm³/mol. The van der Waals surface area contributed by atoms with Gasteiger partial charge in [0.1, 0.15) is 11.6 Å². The van der Waals surface area contributed by atoms with E-state index in [0.29, 0.717) is 21.8 Å². The van der Waals surface area contributed by atoms with E-state index in [2.05, 4.69) is 4.98 Å². The molecule has 1 aromatic heterocycles. The first-order valence-electron chi connectivity index (χ1n) is 4.32. The van der Waals surface area contributed by atoms with Crippen LogP contribution in [0.2, 0.25) is 5.02 Å². The number of ether oxygens (including phenoxy) is 1. The van der Waals surface area contributed by atoms with Gasteiger partial charge in [-0.1, -0.05) is 35.1 Å². The van der Waals surface area contributed by atoms with E-state index in [9.17, 15) is 0 Å². The van der Waals surface area contributed by atoms with Crippen molar-refractivity contribution in [2.24, 2.45) is 0 Å². The molecular formula is C10H9ClN2OS. The minimum atomic E-state index is 0.452. The van der Waals surface area contributed by atoms with Gasteiger partial charge < -0.3 is 10.5 Å². The molecule has 0 saturated heterocycles. The fraction of sp³-hybridized carbons (Fsp3) is 0.100. The SMILES string of the molecule is Nc1cnc(OCc2cccc(Cl)c2)s1. The van der Waals surface area contributed by atoms with Gasteiger partial charge in [-0.15, -0.1) is 0 Å². The number of thiazole rings is 1. The van der Waals surface area contributed by atoms with E-state index in [1.165, 1.54) is 11.3 Å². The zero-order valence-electron chi connectivity index (χ0n) is 7.81. The summed E-state index contributed by atoms with van der Waals surface area (Å²) in [7, 11) is 0. The van der Waals surface area contributed by atoms with Crippen LogP contribution in [0.5, 0.6) is 5.19 Å². The lowest BCUT2D eigenvalue weighted by Gasteiger charge is -2.02.